The lowest BCUT2D eigenvalue weighted by molar-refractivity contribution is 0.00771. The molecule has 1 unspecified atom stereocenters. The van der Waals surface area contributed by atoms with Crippen molar-refractivity contribution in [2.75, 3.05) is 18.8 Å². The number of ether oxygens (including phenoxy) is 1. The van der Waals surface area contributed by atoms with Gasteiger partial charge in [0.1, 0.15) is 11.4 Å². The quantitative estimate of drug-likeness (QED) is 0.843. The number of likely N-dealkylation sites (tertiary alicyclic amines) is 1. The summed E-state index contributed by atoms with van der Waals surface area (Å²) in [5, 5.41) is 14.8. The number of aromatic nitrogens is 4. The number of amides is 1. The molecule has 2 aromatic rings. The van der Waals surface area contributed by atoms with Gasteiger partial charge in [0.15, 0.2) is 5.65 Å². The zero-order valence-electron chi connectivity index (χ0n) is 15.4. The summed E-state index contributed by atoms with van der Waals surface area (Å²) < 4.78 is 6.97. The summed E-state index contributed by atoms with van der Waals surface area (Å²) in [5.41, 5.74) is 5.75. The zero-order chi connectivity index (χ0) is 18.9. The summed E-state index contributed by atoms with van der Waals surface area (Å²) in [6, 6.07) is 1.72. The van der Waals surface area contributed by atoms with Crippen LogP contribution in [0.3, 0.4) is 0 Å². The van der Waals surface area contributed by atoms with E-state index in [1.165, 1.54) is 0 Å². The van der Waals surface area contributed by atoms with Crippen LogP contribution in [0.25, 0.3) is 5.65 Å². The van der Waals surface area contributed by atoms with Crippen LogP contribution in [0.15, 0.2) is 12.3 Å². The molecule has 0 spiro atoms. The van der Waals surface area contributed by atoms with E-state index in [-0.39, 0.29) is 18.0 Å². The molecule has 9 nitrogen and oxygen atoms in total. The maximum Gasteiger partial charge on any atom is 0.410 e. The van der Waals surface area contributed by atoms with Gasteiger partial charge >= 0.3 is 6.09 Å². The van der Waals surface area contributed by atoms with E-state index in [0.29, 0.717) is 31.0 Å². The van der Waals surface area contributed by atoms with Crippen LogP contribution in [0.2, 0.25) is 0 Å². The topological polar surface area (TPSA) is 119 Å². The largest absolute Gasteiger partial charge is 0.444 e. The predicted molar refractivity (Wildman–Crippen MR) is 95.4 cm³/mol. The fourth-order valence-corrected chi connectivity index (χ4v) is 3.17. The van der Waals surface area contributed by atoms with Gasteiger partial charge < -0.3 is 20.5 Å². The number of hydrogen-bond acceptors (Lipinski definition) is 7. The summed E-state index contributed by atoms with van der Waals surface area (Å²) in [7, 11) is 0. The van der Waals surface area contributed by atoms with Crippen molar-refractivity contribution in [3.05, 3.63) is 18.1 Å². The molecule has 1 fully saturated rings. The van der Waals surface area contributed by atoms with E-state index in [1.54, 1.807) is 21.7 Å². The number of piperidine rings is 1. The summed E-state index contributed by atoms with van der Waals surface area (Å²) in [5.74, 6) is 0.889. The van der Waals surface area contributed by atoms with E-state index < -0.39 is 11.7 Å². The number of aliphatic hydroxyl groups is 1. The van der Waals surface area contributed by atoms with Crippen LogP contribution >= 0.6 is 0 Å². The minimum atomic E-state index is -0.570. The molecule has 0 saturated carbocycles. The fourth-order valence-electron chi connectivity index (χ4n) is 3.17. The van der Waals surface area contributed by atoms with Gasteiger partial charge in [-0.25, -0.2) is 9.78 Å². The molecule has 142 valence electrons. The number of nitrogens with zero attached hydrogens (tertiary/aromatic N) is 5. The number of fused-ring (bicyclic) bond motifs is 1. The fraction of sp³-hybridized carbons (Fsp3) is 0.647. The normalized spacial score (nSPS) is 17.5. The maximum absolute atomic E-state index is 12.1. The lowest BCUT2D eigenvalue weighted by atomic mass is 9.89. The molecule has 1 amide bonds. The number of hydrogen-bond donors (Lipinski definition) is 2. The number of aliphatic hydroxyl groups excluding tert-OH is 1. The zero-order valence-corrected chi connectivity index (χ0v) is 15.4. The molecular formula is C17H26N6O3. The molecule has 1 atom stereocenters. The first-order chi connectivity index (χ1) is 12.2. The van der Waals surface area contributed by atoms with E-state index in [1.807, 2.05) is 20.8 Å². The number of anilines is 1. The number of nitrogen functional groups attached to an aromatic ring is 1. The monoisotopic (exact) mass is 362 g/mol. The number of carbonyl (C=O) groups is 1. The van der Waals surface area contributed by atoms with E-state index in [4.69, 9.17) is 10.5 Å². The van der Waals surface area contributed by atoms with Crippen molar-refractivity contribution in [3.8, 4) is 0 Å². The first-order valence-electron chi connectivity index (χ1n) is 8.85. The van der Waals surface area contributed by atoms with Gasteiger partial charge in [-0.1, -0.05) is 0 Å². The lowest BCUT2D eigenvalue weighted by Crippen LogP contribution is -2.44. The first-order valence-corrected chi connectivity index (χ1v) is 8.85. The highest BCUT2D eigenvalue weighted by molar-refractivity contribution is 5.68. The molecule has 0 aliphatic carbocycles. The van der Waals surface area contributed by atoms with E-state index in [0.717, 1.165) is 12.8 Å². The van der Waals surface area contributed by atoms with Crippen LogP contribution < -0.4 is 5.73 Å². The van der Waals surface area contributed by atoms with Gasteiger partial charge in [-0.15, -0.1) is 5.10 Å². The second kappa shape index (κ2) is 7.06. The molecule has 9 heteroatoms. The lowest BCUT2D eigenvalue weighted by Gasteiger charge is -2.35. The van der Waals surface area contributed by atoms with E-state index in [9.17, 15) is 9.90 Å². The smallest absolute Gasteiger partial charge is 0.410 e. The van der Waals surface area contributed by atoms with Crippen molar-refractivity contribution in [1.82, 2.24) is 24.5 Å². The van der Waals surface area contributed by atoms with Crippen molar-refractivity contribution < 1.29 is 14.6 Å². The Hall–Kier alpha value is -2.42. The van der Waals surface area contributed by atoms with Gasteiger partial charge in [-0.2, -0.15) is 9.50 Å². The van der Waals surface area contributed by atoms with Gasteiger partial charge in [0.05, 0.1) is 6.10 Å². The number of rotatable bonds is 3. The molecule has 1 aliphatic heterocycles. The molecule has 2 aromatic heterocycles. The molecule has 0 radical (unpaired) electrons. The third-order valence-corrected chi connectivity index (χ3v) is 4.47. The van der Waals surface area contributed by atoms with Crippen LogP contribution in [-0.4, -0.2) is 60.5 Å². The SMILES string of the molecule is CC(C)(C)OC(=O)N1CCC(C(O)Cc2nccc3nc(N)nn23)CC1. The van der Waals surface area contributed by atoms with Crippen molar-refractivity contribution in [2.24, 2.45) is 5.92 Å². The highest BCUT2D eigenvalue weighted by Gasteiger charge is 2.30. The van der Waals surface area contributed by atoms with Gasteiger partial charge in [-0.05, 0) is 39.5 Å². The van der Waals surface area contributed by atoms with Crippen LogP contribution in [0.4, 0.5) is 10.7 Å². The van der Waals surface area contributed by atoms with Gasteiger partial charge in [0.2, 0.25) is 5.95 Å². The van der Waals surface area contributed by atoms with Crippen molar-refractivity contribution in [3.63, 3.8) is 0 Å². The minimum absolute atomic E-state index is 0.0895. The third kappa shape index (κ3) is 4.21. The van der Waals surface area contributed by atoms with Gasteiger partial charge in [-0.3, -0.25) is 0 Å². The predicted octanol–water partition coefficient (Wildman–Crippen LogP) is 1.26. The van der Waals surface area contributed by atoms with Crippen molar-refractivity contribution >= 4 is 17.7 Å². The van der Waals surface area contributed by atoms with Gasteiger partial charge in [0, 0.05) is 31.8 Å². The first kappa shape index (κ1) is 18.4. The molecule has 0 aromatic carbocycles. The molecule has 1 saturated heterocycles. The Morgan fingerprint density at radius 1 is 1.42 bits per heavy atom. The Kier molecular flexibility index (Phi) is 4.99. The highest BCUT2D eigenvalue weighted by Crippen LogP contribution is 2.24. The summed E-state index contributed by atoms with van der Waals surface area (Å²) in [4.78, 5) is 22.2. The Bertz CT molecular complexity index is 776. The molecule has 3 N–H and O–H groups in total. The average molecular weight is 362 g/mol. The van der Waals surface area contributed by atoms with Crippen LogP contribution in [-0.2, 0) is 11.2 Å². The Balaban J connectivity index is 1.58. The Morgan fingerprint density at radius 3 is 2.77 bits per heavy atom. The number of carbonyl (C=O) groups excluding carboxylic acids is 1. The standard InChI is InChI=1S/C17H26N6O3/c1-17(2,3)26-16(25)22-8-5-11(6-9-22)12(24)10-14-19-7-4-13-20-15(18)21-23(13)14/h4,7,11-12,24H,5-6,8-10H2,1-3H3,(H2,18,21). The summed E-state index contributed by atoms with van der Waals surface area (Å²) >= 11 is 0. The third-order valence-electron chi connectivity index (χ3n) is 4.47. The molecular weight excluding hydrogens is 336 g/mol. The van der Waals surface area contributed by atoms with Crippen molar-refractivity contribution in [1.29, 1.82) is 0 Å². The second-order valence-electron chi connectivity index (χ2n) is 7.68. The van der Waals surface area contributed by atoms with Gasteiger partial charge in [0.25, 0.3) is 0 Å². The molecule has 3 heterocycles. The van der Waals surface area contributed by atoms with E-state index in [2.05, 4.69) is 15.1 Å². The summed E-state index contributed by atoms with van der Waals surface area (Å²) in [6.45, 7) is 6.71. The Morgan fingerprint density at radius 2 is 2.12 bits per heavy atom. The van der Waals surface area contributed by atoms with Crippen LogP contribution in [0, 0.1) is 5.92 Å². The van der Waals surface area contributed by atoms with Crippen LogP contribution in [0.1, 0.15) is 39.4 Å². The average Bonchev–Trinajstić information content (AvgIpc) is 2.95. The molecule has 0 bridgehead atoms. The van der Waals surface area contributed by atoms with Crippen molar-refractivity contribution in [2.45, 2.75) is 51.7 Å². The highest BCUT2D eigenvalue weighted by atomic mass is 16.6. The molecule has 1 aliphatic rings. The molecule has 3 rings (SSSR count). The number of nitrogens with two attached hydrogens (primary N) is 1. The van der Waals surface area contributed by atoms with E-state index >= 15 is 0 Å². The summed E-state index contributed by atoms with van der Waals surface area (Å²) in [6.07, 6.45) is 2.56. The Labute approximate surface area is 152 Å². The second-order valence-corrected chi connectivity index (χ2v) is 7.68. The molecule has 26 heavy (non-hydrogen) atoms. The van der Waals surface area contributed by atoms with Crippen LogP contribution in [0.5, 0.6) is 0 Å². The minimum Gasteiger partial charge on any atom is -0.444 e. The maximum atomic E-state index is 12.1.